The van der Waals surface area contributed by atoms with Crippen molar-refractivity contribution in [3.05, 3.63) is 175 Å². The number of rotatable bonds is 4. The zero-order chi connectivity index (χ0) is 43.5. The minimum Gasteiger partial charge on any atom is -0.456 e. The highest BCUT2D eigenvalue weighted by atomic mass is 16.3. The van der Waals surface area contributed by atoms with Gasteiger partial charge in [0.15, 0.2) is 17.5 Å². The van der Waals surface area contributed by atoms with Crippen LogP contribution in [0.3, 0.4) is 0 Å². The largest absolute Gasteiger partial charge is 0.456 e. The highest BCUT2D eigenvalue weighted by Crippen LogP contribution is 2.70. The lowest BCUT2D eigenvalue weighted by atomic mass is 9.43. The number of hydrogen-bond acceptors (Lipinski definition) is 6. The average Bonchev–Trinajstić information content (AvgIpc) is 4.13. The molecule has 6 nitrogen and oxygen atoms in total. The van der Waals surface area contributed by atoms with Crippen LogP contribution in [0.15, 0.2) is 177 Å². The summed E-state index contributed by atoms with van der Waals surface area (Å²) in [6.07, 6.45) is 6.52. The fourth-order valence-corrected chi connectivity index (χ4v) is 14.2. The van der Waals surface area contributed by atoms with Crippen LogP contribution < -0.4 is 0 Å². The van der Waals surface area contributed by atoms with E-state index in [4.69, 9.17) is 28.2 Å². The van der Waals surface area contributed by atoms with Gasteiger partial charge in [-0.05, 0) is 126 Å². The van der Waals surface area contributed by atoms with Crippen molar-refractivity contribution in [2.45, 2.75) is 37.5 Å². The molecule has 318 valence electrons. The van der Waals surface area contributed by atoms with E-state index in [1.807, 2.05) is 48.5 Å². The molecule has 67 heavy (non-hydrogen) atoms. The Morgan fingerprint density at radius 2 is 0.851 bits per heavy atom. The van der Waals surface area contributed by atoms with Crippen molar-refractivity contribution in [1.29, 1.82) is 0 Å². The molecule has 0 aliphatic heterocycles. The van der Waals surface area contributed by atoms with E-state index in [9.17, 15) is 0 Å². The first kappa shape index (κ1) is 36.4. The molecule has 5 aliphatic carbocycles. The van der Waals surface area contributed by atoms with Crippen molar-refractivity contribution in [2.75, 3.05) is 0 Å². The zero-order valence-corrected chi connectivity index (χ0v) is 36.5. The molecule has 0 unspecified atom stereocenters. The van der Waals surface area contributed by atoms with E-state index in [2.05, 4.69) is 115 Å². The summed E-state index contributed by atoms with van der Waals surface area (Å²) in [7, 11) is 0. The van der Waals surface area contributed by atoms with Gasteiger partial charge in [0.2, 0.25) is 0 Å². The van der Waals surface area contributed by atoms with Gasteiger partial charge in [0, 0.05) is 60.0 Å². The third-order valence-electron chi connectivity index (χ3n) is 16.5. The third kappa shape index (κ3) is 4.87. The highest BCUT2D eigenvalue weighted by Gasteiger charge is 2.62. The van der Waals surface area contributed by atoms with Crippen molar-refractivity contribution in [3.63, 3.8) is 0 Å². The van der Waals surface area contributed by atoms with Crippen LogP contribution in [0.5, 0.6) is 0 Å². The van der Waals surface area contributed by atoms with E-state index < -0.39 is 0 Å². The first-order valence-corrected chi connectivity index (χ1v) is 23.9. The Labute approximate surface area is 384 Å². The van der Waals surface area contributed by atoms with E-state index in [0.717, 1.165) is 105 Å². The van der Waals surface area contributed by atoms with E-state index >= 15 is 0 Å². The summed E-state index contributed by atoms with van der Waals surface area (Å²) in [5.74, 6) is 4.59. The molecular formula is C61H41N3O3. The monoisotopic (exact) mass is 863 g/mol. The Hall–Kier alpha value is -7.83. The maximum atomic E-state index is 6.83. The number of furan rings is 3. The van der Waals surface area contributed by atoms with Crippen LogP contribution >= 0.6 is 0 Å². The zero-order valence-electron chi connectivity index (χ0n) is 36.5. The summed E-state index contributed by atoms with van der Waals surface area (Å²) in [5.41, 5.74) is 15.4. The van der Waals surface area contributed by atoms with Crippen molar-refractivity contribution in [2.24, 2.45) is 23.7 Å². The van der Waals surface area contributed by atoms with Gasteiger partial charge >= 0.3 is 0 Å². The number of para-hydroxylation sites is 4. The smallest absolute Gasteiger partial charge is 0.164 e. The Morgan fingerprint density at radius 3 is 1.49 bits per heavy atom. The molecule has 17 rings (SSSR count). The third-order valence-corrected chi connectivity index (χ3v) is 16.5. The van der Waals surface area contributed by atoms with E-state index in [1.165, 1.54) is 54.4 Å². The number of benzene rings is 8. The quantitative estimate of drug-likeness (QED) is 0.175. The predicted octanol–water partition coefficient (Wildman–Crippen LogP) is 16.0. The van der Waals surface area contributed by atoms with Crippen molar-refractivity contribution >= 4 is 65.8 Å². The topological polar surface area (TPSA) is 78.1 Å². The van der Waals surface area contributed by atoms with Crippen LogP contribution in [0.1, 0.15) is 43.2 Å². The Morgan fingerprint density at radius 1 is 0.373 bits per heavy atom. The lowest BCUT2D eigenvalue weighted by molar-refractivity contribution is -0.0399. The fraction of sp³-hybridized carbons (Fsp3) is 0.164. The SMILES string of the molecule is c1ccc2c(c1)-c1c(-c3nc(-c4cccc5oc6ccccc6c45)nc(-c4cccc5oc6ccccc6c45)n3)cc(-c3cccc4c3oc3ccccc34)cc1C21C2CC3CC(C2)CC1C3. The molecule has 4 heterocycles. The first-order chi connectivity index (χ1) is 33.2. The van der Waals surface area contributed by atoms with E-state index in [1.54, 1.807) is 0 Å². The van der Waals surface area contributed by atoms with Gasteiger partial charge in [-0.25, -0.2) is 15.0 Å². The molecule has 5 aliphatic rings. The van der Waals surface area contributed by atoms with Crippen LogP contribution in [-0.2, 0) is 5.41 Å². The Balaban J connectivity index is 1.04. The second kappa shape index (κ2) is 13.2. The predicted molar refractivity (Wildman–Crippen MR) is 267 cm³/mol. The number of hydrogen-bond donors (Lipinski definition) is 0. The molecule has 0 N–H and O–H groups in total. The second-order valence-corrected chi connectivity index (χ2v) is 19.8. The summed E-state index contributed by atoms with van der Waals surface area (Å²) < 4.78 is 19.8. The summed E-state index contributed by atoms with van der Waals surface area (Å²) in [6.45, 7) is 0. The molecular weight excluding hydrogens is 823 g/mol. The van der Waals surface area contributed by atoms with E-state index in [-0.39, 0.29) is 5.41 Å². The van der Waals surface area contributed by atoms with Gasteiger partial charge in [0.05, 0.1) is 0 Å². The van der Waals surface area contributed by atoms with Crippen molar-refractivity contribution in [1.82, 2.24) is 15.0 Å². The summed E-state index contributed by atoms with van der Waals surface area (Å²) in [4.78, 5) is 16.8. The highest BCUT2D eigenvalue weighted by molar-refractivity contribution is 6.14. The number of fused-ring (bicyclic) bond motifs is 12. The standard InChI is InChI=1S/C61H41N3O3/c1-5-20-47-41(13-1)54-46(31-35(38-16-9-17-40-39-12-2-6-21-49(39)67-57(38)40)32-48(54)61(47)36-27-33-26-34(29-36)30-37(61)28-33)60-63-58(44-18-10-24-52-55(44)42-14-3-7-22-50(42)65-52)62-59(64-60)45-19-11-25-53-56(45)43-15-4-8-23-51(43)66-53/h1-25,31-34,36-37H,26-30H2. The maximum Gasteiger partial charge on any atom is 0.164 e. The molecule has 6 heteroatoms. The molecule has 4 bridgehead atoms. The molecule has 0 atom stereocenters. The minimum atomic E-state index is -0.104. The van der Waals surface area contributed by atoms with Gasteiger partial charge in [-0.15, -0.1) is 0 Å². The Kier molecular flexibility index (Phi) is 7.15. The van der Waals surface area contributed by atoms with Crippen LogP contribution in [0.2, 0.25) is 0 Å². The van der Waals surface area contributed by atoms with Crippen LogP contribution in [-0.4, -0.2) is 15.0 Å². The fourth-order valence-electron chi connectivity index (χ4n) is 14.2. The lowest BCUT2D eigenvalue weighted by Crippen LogP contribution is -2.55. The molecule has 0 radical (unpaired) electrons. The molecule has 0 saturated heterocycles. The summed E-state index contributed by atoms with van der Waals surface area (Å²) >= 11 is 0. The number of aromatic nitrogens is 3. The van der Waals surface area contributed by atoms with Gasteiger partial charge in [-0.2, -0.15) is 0 Å². The lowest BCUT2D eigenvalue weighted by Gasteiger charge is -2.61. The number of nitrogens with zero attached hydrogens (tertiary/aromatic N) is 3. The molecule has 4 aromatic heterocycles. The van der Waals surface area contributed by atoms with Crippen LogP contribution in [0.25, 0.3) is 122 Å². The van der Waals surface area contributed by atoms with Crippen LogP contribution in [0.4, 0.5) is 0 Å². The molecule has 4 saturated carbocycles. The Bertz CT molecular complexity index is 3930. The average molecular weight is 864 g/mol. The van der Waals surface area contributed by atoms with Gasteiger partial charge in [-0.1, -0.05) is 121 Å². The summed E-state index contributed by atoms with van der Waals surface area (Å²) in [5, 5.41) is 6.27. The minimum absolute atomic E-state index is 0.104. The molecule has 4 fully saturated rings. The van der Waals surface area contributed by atoms with E-state index in [0.29, 0.717) is 29.3 Å². The van der Waals surface area contributed by atoms with Crippen molar-refractivity contribution in [3.8, 4) is 56.4 Å². The molecule has 8 aromatic carbocycles. The maximum absolute atomic E-state index is 6.83. The van der Waals surface area contributed by atoms with Crippen molar-refractivity contribution < 1.29 is 13.3 Å². The van der Waals surface area contributed by atoms with Gasteiger partial charge < -0.3 is 13.3 Å². The molecule has 0 amide bonds. The van der Waals surface area contributed by atoms with Crippen LogP contribution in [0, 0.1) is 23.7 Å². The van der Waals surface area contributed by atoms with Gasteiger partial charge in [0.1, 0.15) is 33.5 Å². The normalized spacial score (nSPS) is 21.5. The molecule has 1 spiro atoms. The second-order valence-electron chi connectivity index (χ2n) is 19.8. The van der Waals surface area contributed by atoms with Gasteiger partial charge in [-0.3, -0.25) is 0 Å². The van der Waals surface area contributed by atoms with Gasteiger partial charge in [0.25, 0.3) is 0 Å². The first-order valence-electron chi connectivity index (χ1n) is 23.9. The summed E-state index contributed by atoms with van der Waals surface area (Å²) in [6, 6.07) is 58.2. The molecule has 12 aromatic rings.